The van der Waals surface area contributed by atoms with Gasteiger partial charge in [-0.25, -0.2) is 9.97 Å². The van der Waals surface area contributed by atoms with E-state index in [9.17, 15) is 0 Å². The molecule has 0 unspecified atom stereocenters. The molecule has 0 atom stereocenters. The SMILES string of the molecule is CCc1cn2cc(C3CC3)c(C)nc2n1. The number of rotatable bonds is 2. The Labute approximate surface area is 89.2 Å². The van der Waals surface area contributed by atoms with Crippen LogP contribution >= 0.6 is 0 Å². The molecule has 0 saturated heterocycles. The Balaban J connectivity index is 2.18. The van der Waals surface area contributed by atoms with E-state index in [1.165, 1.54) is 18.4 Å². The highest BCUT2D eigenvalue weighted by molar-refractivity contribution is 5.37. The van der Waals surface area contributed by atoms with Gasteiger partial charge in [-0.1, -0.05) is 6.92 Å². The van der Waals surface area contributed by atoms with Gasteiger partial charge in [0.05, 0.1) is 5.69 Å². The summed E-state index contributed by atoms with van der Waals surface area (Å²) in [6, 6.07) is 0. The minimum atomic E-state index is 0.759. The van der Waals surface area contributed by atoms with Crippen LogP contribution in [-0.4, -0.2) is 14.4 Å². The third-order valence-corrected chi connectivity index (χ3v) is 3.11. The van der Waals surface area contributed by atoms with Gasteiger partial charge in [0.1, 0.15) is 0 Å². The first kappa shape index (κ1) is 8.89. The fourth-order valence-electron chi connectivity index (χ4n) is 2.03. The molecule has 0 radical (unpaired) electrons. The molecule has 3 heteroatoms. The normalized spacial score (nSPS) is 16.1. The maximum Gasteiger partial charge on any atom is 0.234 e. The lowest BCUT2D eigenvalue weighted by Crippen LogP contribution is -1.96. The molecular weight excluding hydrogens is 186 g/mol. The average Bonchev–Trinajstić information content (AvgIpc) is 2.98. The average molecular weight is 201 g/mol. The lowest BCUT2D eigenvalue weighted by Gasteiger charge is -2.03. The van der Waals surface area contributed by atoms with Gasteiger partial charge in [-0.3, -0.25) is 4.40 Å². The van der Waals surface area contributed by atoms with Crippen LogP contribution in [0.2, 0.25) is 0 Å². The molecule has 1 aliphatic rings. The Bertz CT molecular complexity index is 509. The number of aromatic nitrogens is 3. The van der Waals surface area contributed by atoms with Crippen LogP contribution in [0.3, 0.4) is 0 Å². The van der Waals surface area contributed by atoms with Gasteiger partial charge >= 0.3 is 0 Å². The Morgan fingerprint density at radius 1 is 1.33 bits per heavy atom. The van der Waals surface area contributed by atoms with Crippen molar-refractivity contribution in [3.63, 3.8) is 0 Å². The molecule has 0 N–H and O–H groups in total. The molecule has 3 rings (SSSR count). The molecule has 0 bridgehead atoms. The summed E-state index contributed by atoms with van der Waals surface area (Å²) in [5, 5.41) is 0. The van der Waals surface area contributed by atoms with E-state index in [0.717, 1.165) is 29.5 Å². The molecule has 1 aliphatic carbocycles. The van der Waals surface area contributed by atoms with Crippen molar-refractivity contribution in [3.8, 4) is 0 Å². The van der Waals surface area contributed by atoms with Gasteiger partial charge in [-0.15, -0.1) is 0 Å². The number of imidazole rings is 1. The van der Waals surface area contributed by atoms with E-state index >= 15 is 0 Å². The van der Waals surface area contributed by atoms with E-state index in [0.29, 0.717) is 0 Å². The van der Waals surface area contributed by atoms with Crippen molar-refractivity contribution >= 4 is 5.78 Å². The van der Waals surface area contributed by atoms with E-state index in [1.807, 2.05) is 0 Å². The Morgan fingerprint density at radius 2 is 2.13 bits per heavy atom. The van der Waals surface area contributed by atoms with Gasteiger partial charge in [0.25, 0.3) is 0 Å². The zero-order chi connectivity index (χ0) is 10.4. The van der Waals surface area contributed by atoms with Crippen molar-refractivity contribution in [2.45, 2.75) is 39.0 Å². The summed E-state index contributed by atoms with van der Waals surface area (Å²) in [5.74, 6) is 1.60. The summed E-state index contributed by atoms with van der Waals surface area (Å²) < 4.78 is 2.07. The van der Waals surface area contributed by atoms with Crippen LogP contribution in [0.1, 0.15) is 42.6 Å². The van der Waals surface area contributed by atoms with Crippen molar-refractivity contribution in [1.29, 1.82) is 0 Å². The molecule has 2 aromatic heterocycles. The Kier molecular flexibility index (Phi) is 1.81. The molecule has 2 aromatic rings. The predicted octanol–water partition coefficient (Wildman–Crippen LogP) is 2.48. The Morgan fingerprint density at radius 3 is 2.80 bits per heavy atom. The summed E-state index contributed by atoms with van der Waals surface area (Å²) in [6.07, 6.45) is 7.92. The minimum Gasteiger partial charge on any atom is -0.291 e. The molecule has 78 valence electrons. The number of hydrogen-bond acceptors (Lipinski definition) is 2. The van der Waals surface area contributed by atoms with Crippen molar-refractivity contribution in [1.82, 2.24) is 14.4 Å². The summed E-state index contributed by atoms with van der Waals surface area (Å²) in [5.41, 5.74) is 3.68. The molecule has 2 heterocycles. The number of aryl methyl sites for hydroxylation is 2. The van der Waals surface area contributed by atoms with Crippen molar-refractivity contribution in [2.75, 3.05) is 0 Å². The molecule has 0 spiro atoms. The first-order valence-corrected chi connectivity index (χ1v) is 5.63. The van der Waals surface area contributed by atoms with Crippen molar-refractivity contribution in [3.05, 3.63) is 29.3 Å². The highest BCUT2D eigenvalue weighted by atomic mass is 15.1. The molecule has 0 amide bonds. The van der Waals surface area contributed by atoms with Crippen LogP contribution in [0.5, 0.6) is 0 Å². The minimum absolute atomic E-state index is 0.759. The number of nitrogens with zero attached hydrogens (tertiary/aromatic N) is 3. The standard InChI is InChI=1S/C12H15N3/c1-3-10-6-15-7-11(9-4-5-9)8(2)13-12(15)14-10/h6-7,9H,3-5H2,1-2H3. The largest absolute Gasteiger partial charge is 0.291 e. The zero-order valence-electron chi connectivity index (χ0n) is 9.20. The van der Waals surface area contributed by atoms with Crippen LogP contribution in [0.4, 0.5) is 0 Å². The first-order chi connectivity index (χ1) is 7.28. The van der Waals surface area contributed by atoms with E-state index in [2.05, 4.69) is 40.6 Å². The van der Waals surface area contributed by atoms with Gasteiger partial charge in [0.2, 0.25) is 5.78 Å². The zero-order valence-corrected chi connectivity index (χ0v) is 9.20. The summed E-state index contributed by atoms with van der Waals surface area (Å²) >= 11 is 0. The molecule has 15 heavy (non-hydrogen) atoms. The second-order valence-corrected chi connectivity index (χ2v) is 4.35. The van der Waals surface area contributed by atoms with Crippen LogP contribution in [-0.2, 0) is 6.42 Å². The van der Waals surface area contributed by atoms with Crippen LogP contribution < -0.4 is 0 Å². The first-order valence-electron chi connectivity index (χ1n) is 5.63. The molecule has 0 aromatic carbocycles. The highest BCUT2D eigenvalue weighted by Crippen LogP contribution is 2.41. The molecule has 1 saturated carbocycles. The van der Waals surface area contributed by atoms with Gasteiger partial charge in [0, 0.05) is 18.1 Å². The van der Waals surface area contributed by atoms with E-state index in [-0.39, 0.29) is 0 Å². The molecule has 1 fully saturated rings. The Hall–Kier alpha value is -1.38. The monoisotopic (exact) mass is 201 g/mol. The third-order valence-electron chi connectivity index (χ3n) is 3.11. The highest BCUT2D eigenvalue weighted by Gasteiger charge is 2.26. The molecular formula is C12H15N3. The molecule has 3 nitrogen and oxygen atoms in total. The van der Waals surface area contributed by atoms with Crippen LogP contribution in [0.25, 0.3) is 5.78 Å². The van der Waals surface area contributed by atoms with Crippen LogP contribution in [0, 0.1) is 6.92 Å². The number of fused-ring (bicyclic) bond motifs is 1. The van der Waals surface area contributed by atoms with Crippen LogP contribution in [0.15, 0.2) is 12.4 Å². The van der Waals surface area contributed by atoms with E-state index < -0.39 is 0 Å². The van der Waals surface area contributed by atoms with Gasteiger partial charge in [-0.2, -0.15) is 0 Å². The number of hydrogen-bond donors (Lipinski definition) is 0. The topological polar surface area (TPSA) is 30.2 Å². The second-order valence-electron chi connectivity index (χ2n) is 4.35. The fraction of sp³-hybridized carbons (Fsp3) is 0.500. The smallest absolute Gasteiger partial charge is 0.234 e. The lowest BCUT2D eigenvalue weighted by molar-refractivity contribution is 0.972. The quantitative estimate of drug-likeness (QED) is 0.747. The van der Waals surface area contributed by atoms with Gasteiger partial charge in [-0.05, 0) is 37.7 Å². The summed E-state index contributed by atoms with van der Waals surface area (Å²) in [4.78, 5) is 9.02. The third kappa shape index (κ3) is 1.42. The van der Waals surface area contributed by atoms with Gasteiger partial charge < -0.3 is 0 Å². The summed E-state index contributed by atoms with van der Waals surface area (Å²) in [6.45, 7) is 4.21. The van der Waals surface area contributed by atoms with Crippen molar-refractivity contribution in [2.24, 2.45) is 0 Å². The predicted molar refractivity (Wildman–Crippen MR) is 59.1 cm³/mol. The summed E-state index contributed by atoms with van der Waals surface area (Å²) in [7, 11) is 0. The van der Waals surface area contributed by atoms with E-state index in [4.69, 9.17) is 0 Å². The van der Waals surface area contributed by atoms with E-state index in [1.54, 1.807) is 0 Å². The van der Waals surface area contributed by atoms with Gasteiger partial charge in [0.15, 0.2) is 0 Å². The molecule has 0 aliphatic heterocycles. The maximum atomic E-state index is 4.56. The maximum absolute atomic E-state index is 4.56. The lowest BCUT2D eigenvalue weighted by atomic mass is 10.1. The second kappa shape index (κ2) is 3.05. The van der Waals surface area contributed by atoms with Crippen molar-refractivity contribution < 1.29 is 0 Å². The fourth-order valence-corrected chi connectivity index (χ4v) is 2.03.